The SMILES string of the molecule is CC(C)c1ccc(Oc2ccccc2COc2ccc(CCC(=O)O)cc2F)cc1. The van der Waals surface area contributed by atoms with Crippen molar-refractivity contribution in [3.63, 3.8) is 0 Å². The van der Waals surface area contributed by atoms with E-state index in [-0.39, 0.29) is 25.2 Å². The van der Waals surface area contributed by atoms with E-state index < -0.39 is 11.8 Å². The normalized spacial score (nSPS) is 10.8. The first-order valence-corrected chi connectivity index (χ1v) is 9.91. The summed E-state index contributed by atoms with van der Waals surface area (Å²) in [5.41, 5.74) is 2.65. The van der Waals surface area contributed by atoms with Crippen LogP contribution in [0.3, 0.4) is 0 Å². The molecule has 4 nitrogen and oxygen atoms in total. The van der Waals surface area contributed by atoms with Gasteiger partial charge < -0.3 is 14.6 Å². The van der Waals surface area contributed by atoms with Gasteiger partial charge in [-0.25, -0.2) is 4.39 Å². The Morgan fingerprint density at radius 3 is 2.40 bits per heavy atom. The maximum absolute atomic E-state index is 14.3. The molecule has 0 bridgehead atoms. The molecule has 3 aromatic carbocycles. The van der Waals surface area contributed by atoms with Gasteiger partial charge in [-0.3, -0.25) is 4.79 Å². The third-order valence-electron chi connectivity index (χ3n) is 4.75. The van der Waals surface area contributed by atoms with Crippen LogP contribution in [0.5, 0.6) is 17.2 Å². The highest BCUT2D eigenvalue weighted by atomic mass is 19.1. The van der Waals surface area contributed by atoms with E-state index in [1.165, 1.54) is 17.7 Å². The minimum Gasteiger partial charge on any atom is -0.486 e. The van der Waals surface area contributed by atoms with E-state index in [1.807, 2.05) is 48.5 Å². The maximum atomic E-state index is 14.3. The second kappa shape index (κ2) is 9.92. The third-order valence-corrected chi connectivity index (χ3v) is 4.75. The highest BCUT2D eigenvalue weighted by Crippen LogP contribution is 2.28. The first-order valence-electron chi connectivity index (χ1n) is 9.91. The Morgan fingerprint density at radius 2 is 1.73 bits per heavy atom. The van der Waals surface area contributed by atoms with Crippen molar-refractivity contribution in [3.05, 3.63) is 89.2 Å². The van der Waals surface area contributed by atoms with Crippen LogP contribution in [-0.4, -0.2) is 11.1 Å². The summed E-state index contributed by atoms with van der Waals surface area (Å²) in [7, 11) is 0. The number of rotatable bonds is 9. The Balaban J connectivity index is 1.67. The van der Waals surface area contributed by atoms with E-state index >= 15 is 0 Å². The summed E-state index contributed by atoms with van der Waals surface area (Å²) < 4.78 is 26.0. The first-order chi connectivity index (χ1) is 14.4. The first kappa shape index (κ1) is 21.4. The van der Waals surface area contributed by atoms with Crippen molar-refractivity contribution in [3.8, 4) is 17.2 Å². The number of hydrogen-bond acceptors (Lipinski definition) is 3. The molecular weight excluding hydrogens is 383 g/mol. The number of carboxylic acid groups (broad SMARTS) is 1. The van der Waals surface area contributed by atoms with Crippen LogP contribution in [0.25, 0.3) is 0 Å². The highest BCUT2D eigenvalue weighted by molar-refractivity contribution is 5.67. The Kier molecular flexibility index (Phi) is 7.07. The van der Waals surface area contributed by atoms with Gasteiger partial charge in [0, 0.05) is 12.0 Å². The zero-order chi connectivity index (χ0) is 21.5. The Labute approximate surface area is 175 Å². The molecule has 1 N–H and O–H groups in total. The molecule has 0 fully saturated rings. The van der Waals surface area contributed by atoms with Gasteiger partial charge in [-0.05, 0) is 53.8 Å². The average molecular weight is 408 g/mol. The molecular formula is C25H25FO4. The topological polar surface area (TPSA) is 55.8 Å². The van der Waals surface area contributed by atoms with Gasteiger partial charge in [-0.1, -0.05) is 50.2 Å². The number of carbonyl (C=O) groups is 1. The molecule has 30 heavy (non-hydrogen) atoms. The summed E-state index contributed by atoms with van der Waals surface area (Å²) in [6.07, 6.45) is 0.237. The highest BCUT2D eigenvalue weighted by Gasteiger charge is 2.10. The number of aryl methyl sites for hydroxylation is 1. The van der Waals surface area contributed by atoms with E-state index in [2.05, 4.69) is 13.8 Å². The smallest absolute Gasteiger partial charge is 0.303 e. The predicted molar refractivity (Wildman–Crippen MR) is 114 cm³/mol. The molecule has 0 spiro atoms. The number of para-hydroxylation sites is 1. The molecule has 3 rings (SSSR count). The van der Waals surface area contributed by atoms with E-state index in [1.54, 1.807) is 6.07 Å². The third kappa shape index (κ3) is 5.83. The van der Waals surface area contributed by atoms with Crippen molar-refractivity contribution in [2.45, 2.75) is 39.2 Å². The number of halogens is 1. The molecule has 3 aromatic rings. The summed E-state index contributed by atoms with van der Waals surface area (Å²) in [4.78, 5) is 10.7. The second-order valence-corrected chi connectivity index (χ2v) is 7.38. The van der Waals surface area contributed by atoms with Crippen molar-refractivity contribution in [2.75, 3.05) is 0 Å². The van der Waals surface area contributed by atoms with Gasteiger partial charge in [0.1, 0.15) is 18.1 Å². The molecule has 156 valence electrons. The Morgan fingerprint density at radius 1 is 1.00 bits per heavy atom. The van der Waals surface area contributed by atoms with Crippen LogP contribution in [0.4, 0.5) is 4.39 Å². The summed E-state index contributed by atoms with van der Waals surface area (Å²) in [6.45, 7) is 4.42. The van der Waals surface area contributed by atoms with E-state index in [0.29, 0.717) is 17.2 Å². The number of carboxylic acids is 1. The van der Waals surface area contributed by atoms with Gasteiger partial charge in [0.05, 0.1) is 0 Å². The van der Waals surface area contributed by atoms with Crippen LogP contribution < -0.4 is 9.47 Å². The molecule has 0 aliphatic rings. The molecule has 0 amide bonds. The average Bonchev–Trinajstić information content (AvgIpc) is 2.73. The number of hydrogen-bond donors (Lipinski definition) is 1. The molecule has 0 unspecified atom stereocenters. The van der Waals surface area contributed by atoms with E-state index in [0.717, 1.165) is 11.3 Å². The monoisotopic (exact) mass is 408 g/mol. The fourth-order valence-electron chi connectivity index (χ4n) is 2.99. The van der Waals surface area contributed by atoms with Crippen molar-refractivity contribution < 1.29 is 23.8 Å². The zero-order valence-electron chi connectivity index (χ0n) is 17.1. The summed E-state index contributed by atoms with van der Waals surface area (Å²) in [5.74, 6) is 0.510. The lowest BCUT2D eigenvalue weighted by Crippen LogP contribution is -2.01. The summed E-state index contributed by atoms with van der Waals surface area (Å²) in [5, 5.41) is 8.75. The van der Waals surface area contributed by atoms with Crippen LogP contribution in [0.2, 0.25) is 0 Å². The molecule has 0 aliphatic carbocycles. The molecule has 0 radical (unpaired) electrons. The number of benzene rings is 3. The van der Waals surface area contributed by atoms with Crippen molar-refractivity contribution in [1.82, 2.24) is 0 Å². The maximum Gasteiger partial charge on any atom is 0.303 e. The van der Waals surface area contributed by atoms with Crippen LogP contribution >= 0.6 is 0 Å². The predicted octanol–water partition coefficient (Wildman–Crippen LogP) is 6.34. The van der Waals surface area contributed by atoms with Crippen LogP contribution in [0, 0.1) is 5.82 Å². The molecule has 0 aromatic heterocycles. The Bertz CT molecular complexity index is 996. The second-order valence-electron chi connectivity index (χ2n) is 7.38. The Hall–Kier alpha value is -3.34. The quantitative estimate of drug-likeness (QED) is 0.449. The van der Waals surface area contributed by atoms with Crippen LogP contribution in [0.15, 0.2) is 66.7 Å². The molecule has 5 heteroatoms. The number of ether oxygens (including phenoxy) is 2. The summed E-state index contributed by atoms with van der Waals surface area (Å²) >= 11 is 0. The summed E-state index contributed by atoms with van der Waals surface area (Å²) in [6, 6.07) is 19.9. The van der Waals surface area contributed by atoms with Crippen molar-refractivity contribution in [2.24, 2.45) is 0 Å². The lowest BCUT2D eigenvalue weighted by Gasteiger charge is -2.14. The minimum atomic E-state index is -0.911. The zero-order valence-corrected chi connectivity index (χ0v) is 17.1. The lowest BCUT2D eigenvalue weighted by molar-refractivity contribution is -0.136. The van der Waals surface area contributed by atoms with Crippen LogP contribution in [0.1, 0.15) is 42.9 Å². The van der Waals surface area contributed by atoms with Gasteiger partial charge in [0.15, 0.2) is 11.6 Å². The molecule has 0 heterocycles. The molecule has 0 atom stereocenters. The van der Waals surface area contributed by atoms with Crippen LogP contribution in [-0.2, 0) is 17.8 Å². The standard InChI is InChI=1S/C25H25FO4/c1-17(2)19-9-11-21(12-10-19)30-23-6-4-3-5-20(23)16-29-24-13-7-18(15-22(24)26)8-14-25(27)28/h3-7,9-13,15,17H,8,14,16H2,1-2H3,(H,27,28). The van der Waals surface area contributed by atoms with Crippen molar-refractivity contribution in [1.29, 1.82) is 0 Å². The largest absolute Gasteiger partial charge is 0.486 e. The van der Waals surface area contributed by atoms with E-state index in [9.17, 15) is 9.18 Å². The van der Waals surface area contributed by atoms with E-state index in [4.69, 9.17) is 14.6 Å². The molecule has 0 saturated heterocycles. The van der Waals surface area contributed by atoms with Gasteiger partial charge in [-0.2, -0.15) is 0 Å². The molecule has 0 aliphatic heterocycles. The molecule has 0 saturated carbocycles. The van der Waals surface area contributed by atoms with Crippen molar-refractivity contribution >= 4 is 5.97 Å². The van der Waals surface area contributed by atoms with Gasteiger partial charge in [-0.15, -0.1) is 0 Å². The van der Waals surface area contributed by atoms with Gasteiger partial charge in [0.25, 0.3) is 0 Å². The van der Waals surface area contributed by atoms with Gasteiger partial charge in [0.2, 0.25) is 0 Å². The number of aliphatic carboxylic acids is 1. The fourth-order valence-corrected chi connectivity index (χ4v) is 2.99. The van der Waals surface area contributed by atoms with Gasteiger partial charge >= 0.3 is 5.97 Å². The lowest BCUT2D eigenvalue weighted by atomic mass is 10.0. The minimum absolute atomic E-state index is 0.0392. The fraction of sp³-hybridized carbons (Fsp3) is 0.240.